The maximum atomic E-state index is 6.32. The van der Waals surface area contributed by atoms with Crippen molar-refractivity contribution in [2.24, 2.45) is 0 Å². The van der Waals surface area contributed by atoms with Crippen molar-refractivity contribution >= 4 is 48.8 Å². The molecule has 0 aliphatic rings. The Morgan fingerprint density at radius 2 is 1.29 bits per heavy atom. The van der Waals surface area contributed by atoms with Crippen molar-refractivity contribution in [2.45, 2.75) is 64.7 Å². The van der Waals surface area contributed by atoms with Crippen molar-refractivity contribution in [3.63, 3.8) is 0 Å². The van der Waals surface area contributed by atoms with Gasteiger partial charge in [0.2, 0.25) is 0 Å². The van der Waals surface area contributed by atoms with E-state index >= 15 is 0 Å². The van der Waals surface area contributed by atoms with Gasteiger partial charge in [-0.25, -0.2) is 0 Å². The summed E-state index contributed by atoms with van der Waals surface area (Å²) >= 11 is 0. The van der Waals surface area contributed by atoms with Crippen molar-refractivity contribution in [3.05, 3.63) is 66.2 Å². The molecule has 0 saturated heterocycles. The van der Waals surface area contributed by atoms with Crippen LogP contribution in [0, 0.1) is 0 Å². The molecule has 5 aromatic rings. The predicted octanol–water partition coefficient (Wildman–Crippen LogP) is 9.00. The van der Waals surface area contributed by atoms with Gasteiger partial charge in [0, 0.05) is 5.69 Å². The van der Waals surface area contributed by atoms with Crippen LogP contribution < -0.4 is 5.73 Å². The zero-order chi connectivity index (χ0) is 21.2. The van der Waals surface area contributed by atoms with Crippen LogP contribution in [0.3, 0.4) is 0 Å². The van der Waals surface area contributed by atoms with E-state index in [1.165, 1.54) is 100 Å². The lowest BCUT2D eigenvalue weighted by Crippen LogP contribution is -1.95. The number of benzene rings is 5. The summed E-state index contributed by atoms with van der Waals surface area (Å²) in [5, 5.41) is 10.8. The van der Waals surface area contributed by atoms with E-state index < -0.39 is 0 Å². The fourth-order valence-corrected chi connectivity index (χ4v) is 5.48. The van der Waals surface area contributed by atoms with E-state index in [0.717, 1.165) is 12.1 Å². The minimum atomic E-state index is 0.848. The molecule has 5 aromatic carbocycles. The van der Waals surface area contributed by atoms with Crippen LogP contribution in [0.25, 0.3) is 43.1 Å². The molecule has 1 nitrogen and oxygen atoms in total. The Morgan fingerprint density at radius 3 is 2.06 bits per heavy atom. The first kappa shape index (κ1) is 20.1. The summed E-state index contributed by atoms with van der Waals surface area (Å²) in [7, 11) is 0. The second kappa shape index (κ2) is 8.75. The van der Waals surface area contributed by atoms with Gasteiger partial charge >= 0.3 is 0 Å². The van der Waals surface area contributed by atoms with Crippen LogP contribution in [0.5, 0.6) is 0 Å². The molecule has 2 N–H and O–H groups in total. The summed E-state index contributed by atoms with van der Waals surface area (Å²) < 4.78 is 0. The molecule has 31 heavy (non-hydrogen) atoms. The monoisotopic (exact) mass is 407 g/mol. The quantitative estimate of drug-likeness (QED) is 0.112. The van der Waals surface area contributed by atoms with Crippen molar-refractivity contribution in [2.75, 3.05) is 5.73 Å². The molecule has 0 unspecified atom stereocenters. The minimum absolute atomic E-state index is 0.848. The van der Waals surface area contributed by atoms with Gasteiger partial charge in [0.1, 0.15) is 0 Å². The standard InChI is InChI=1S/C30H33N/c1-2-3-4-5-6-7-8-9-12-22-17-18-23-19-24(31)20-27-25-15-10-13-21-14-11-16-26(28(21)25)29(22)30(23)27/h10-11,13-20H,2-9,12,31H2,1H3. The summed E-state index contributed by atoms with van der Waals surface area (Å²) in [5.41, 5.74) is 8.66. The first-order chi connectivity index (χ1) is 15.3. The smallest absolute Gasteiger partial charge is 0.0326 e. The number of hydrogen-bond acceptors (Lipinski definition) is 1. The van der Waals surface area contributed by atoms with E-state index in [1.54, 1.807) is 0 Å². The molecular formula is C30H33N. The Balaban J connectivity index is 1.54. The van der Waals surface area contributed by atoms with E-state index in [-0.39, 0.29) is 0 Å². The molecule has 0 aliphatic carbocycles. The van der Waals surface area contributed by atoms with Crippen LogP contribution in [0.2, 0.25) is 0 Å². The van der Waals surface area contributed by atoms with Gasteiger partial charge in [-0.15, -0.1) is 0 Å². The predicted molar refractivity (Wildman–Crippen MR) is 138 cm³/mol. The summed E-state index contributed by atoms with van der Waals surface area (Å²) in [4.78, 5) is 0. The Kier molecular flexibility index (Phi) is 5.68. The zero-order valence-corrected chi connectivity index (χ0v) is 18.7. The fraction of sp³-hybridized carbons (Fsp3) is 0.333. The third-order valence-corrected chi connectivity index (χ3v) is 6.99. The molecule has 0 radical (unpaired) electrons. The average molecular weight is 408 g/mol. The second-order valence-corrected chi connectivity index (χ2v) is 9.20. The zero-order valence-electron chi connectivity index (χ0n) is 18.7. The van der Waals surface area contributed by atoms with Crippen LogP contribution in [0.1, 0.15) is 63.9 Å². The van der Waals surface area contributed by atoms with Crippen LogP contribution in [-0.4, -0.2) is 0 Å². The summed E-state index contributed by atoms with van der Waals surface area (Å²) in [6, 6.07) is 22.4. The molecule has 0 fully saturated rings. The minimum Gasteiger partial charge on any atom is -0.399 e. The maximum Gasteiger partial charge on any atom is 0.0326 e. The Bertz CT molecular complexity index is 1330. The Hall–Kier alpha value is -2.80. The SMILES string of the molecule is CCCCCCCCCCc1ccc2cc(N)cc3c4cccc5cccc(c1c23)c54. The highest BCUT2D eigenvalue weighted by Crippen LogP contribution is 2.42. The van der Waals surface area contributed by atoms with Crippen molar-refractivity contribution in [1.29, 1.82) is 0 Å². The van der Waals surface area contributed by atoms with Gasteiger partial charge in [-0.2, -0.15) is 0 Å². The van der Waals surface area contributed by atoms with Gasteiger partial charge in [0.15, 0.2) is 0 Å². The van der Waals surface area contributed by atoms with E-state index in [4.69, 9.17) is 5.73 Å². The molecule has 0 aliphatic heterocycles. The van der Waals surface area contributed by atoms with Gasteiger partial charge in [0.05, 0.1) is 0 Å². The second-order valence-electron chi connectivity index (χ2n) is 9.20. The van der Waals surface area contributed by atoms with Crippen molar-refractivity contribution in [1.82, 2.24) is 0 Å². The average Bonchev–Trinajstić information content (AvgIpc) is 2.79. The lowest BCUT2D eigenvalue weighted by molar-refractivity contribution is 0.576. The van der Waals surface area contributed by atoms with Gasteiger partial charge in [-0.3, -0.25) is 0 Å². The van der Waals surface area contributed by atoms with E-state index in [9.17, 15) is 0 Å². The molecule has 1 heteroatoms. The molecule has 0 amide bonds. The Morgan fingerprint density at radius 1 is 0.581 bits per heavy atom. The number of rotatable bonds is 9. The van der Waals surface area contributed by atoms with Gasteiger partial charge in [-0.1, -0.05) is 100 Å². The van der Waals surface area contributed by atoms with Crippen LogP contribution in [-0.2, 0) is 6.42 Å². The van der Waals surface area contributed by atoms with Gasteiger partial charge < -0.3 is 5.73 Å². The summed E-state index contributed by atoms with van der Waals surface area (Å²) in [6.45, 7) is 2.29. The molecule has 158 valence electrons. The third kappa shape index (κ3) is 3.71. The molecule has 0 spiro atoms. The van der Waals surface area contributed by atoms with Crippen LogP contribution in [0.15, 0.2) is 60.7 Å². The molecular weight excluding hydrogens is 374 g/mol. The molecule has 0 aromatic heterocycles. The maximum absolute atomic E-state index is 6.32. The fourth-order valence-electron chi connectivity index (χ4n) is 5.48. The molecule has 0 heterocycles. The number of aryl methyl sites for hydroxylation is 1. The van der Waals surface area contributed by atoms with Crippen molar-refractivity contribution in [3.8, 4) is 0 Å². The van der Waals surface area contributed by atoms with Crippen LogP contribution in [0.4, 0.5) is 5.69 Å². The summed E-state index contributed by atoms with van der Waals surface area (Å²) in [5.74, 6) is 0. The van der Waals surface area contributed by atoms with E-state index in [1.807, 2.05) is 0 Å². The highest BCUT2D eigenvalue weighted by Gasteiger charge is 2.15. The largest absolute Gasteiger partial charge is 0.399 e. The number of nitrogen functional groups attached to an aromatic ring is 1. The normalized spacial score (nSPS) is 12.0. The van der Waals surface area contributed by atoms with Crippen LogP contribution >= 0.6 is 0 Å². The third-order valence-electron chi connectivity index (χ3n) is 6.99. The lowest BCUT2D eigenvalue weighted by atomic mass is 9.86. The molecule has 0 saturated carbocycles. The van der Waals surface area contributed by atoms with Gasteiger partial charge in [-0.05, 0) is 73.6 Å². The number of fused-ring (bicyclic) bond motifs is 2. The first-order valence-corrected chi connectivity index (χ1v) is 12.2. The molecule has 5 rings (SSSR count). The molecule has 0 atom stereocenters. The number of nitrogens with two attached hydrogens (primary N) is 1. The molecule has 0 bridgehead atoms. The number of hydrogen-bond donors (Lipinski definition) is 1. The first-order valence-electron chi connectivity index (χ1n) is 12.2. The van der Waals surface area contributed by atoms with Gasteiger partial charge in [0.25, 0.3) is 0 Å². The highest BCUT2D eigenvalue weighted by atomic mass is 14.5. The van der Waals surface area contributed by atoms with E-state index in [2.05, 4.69) is 67.6 Å². The highest BCUT2D eigenvalue weighted by molar-refractivity contribution is 6.33. The van der Waals surface area contributed by atoms with Crippen molar-refractivity contribution < 1.29 is 0 Å². The topological polar surface area (TPSA) is 26.0 Å². The van der Waals surface area contributed by atoms with E-state index in [0.29, 0.717) is 0 Å². The number of anilines is 1. The number of unbranched alkanes of at least 4 members (excludes halogenated alkanes) is 7. The lowest BCUT2D eigenvalue weighted by Gasteiger charge is -2.18. The Labute approximate surface area is 185 Å². The summed E-state index contributed by atoms with van der Waals surface area (Å²) in [6.07, 6.45) is 12.0.